The van der Waals surface area contributed by atoms with Crippen molar-refractivity contribution in [3.63, 3.8) is 0 Å². The van der Waals surface area contributed by atoms with E-state index in [1.165, 1.54) is 12.1 Å². The lowest BCUT2D eigenvalue weighted by molar-refractivity contribution is 0.626. The van der Waals surface area contributed by atoms with Crippen LogP contribution >= 0.6 is 11.8 Å². The van der Waals surface area contributed by atoms with Crippen LogP contribution in [0.4, 0.5) is 4.39 Å². The molecule has 0 saturated heterocycles. The summed E-state index contributed by atoms with van der Waals surface area (Å²) in [4.78, 5) is 5.09. The molecule has 0 aliphatic carbocycles. The molecule has 15 heavy (non-hydrogen) atoms. The standard InChI is InChI=1S/C11H11FN2S/c12-9-1-3-11(4-2-9)15-7-10-5-6-13-8-14-10/h1-6,14H,7-8H2. The molecular formula is C11H11FN2S. The molecular weight excluding hydrogens is 211 g/mol. The summed E-state index contributed by atoms with van der Waals surface area (Å²) < 4.78 is 12.6. The van der Waals surface area contributed by atoms with Crippen LogP contribution in [0.15, 0.2) is 45.9 Å². The van der Waals surface area contributed by atoms with E-state index < -0.39 is 0 Å². The molecule has 78 valence electrons. The second-order valence-corrected chi connectivity index (χ2v) is 4.15. The Morgan fingerprint density at radius 1 is 1.33 bits per heavy atom. The van der Waals surface area contributed by atoms with Crippen molar-refractivity contribution >= 4 is 18.0 Å². The predicted molar refractivity (Wildman–Crippen MR) is 61.7 cm³/mol. The van der Waals surface area contributed by atoms with Crippen LogP contribution in [0, 0.1) is 5.82 Å². The van der Waals surface area contributed by atoms with Gasteiger partial charge in [0, 0.05) is 22.6 Å². The Bertz CT molecular complexity index is 384. The summed E-state index contributed by atoms with van der Waals surface area (Å²) in [6.07, 6.45) is 3.76. The van der Waals surface area contributed by atoms with Gasteiger partial charge in [-0.2, -0.15) is 0 Å². The van der Waals surface area contributed by atoms with E-state index in [1.807, 2.05) is 6.08 Å². The van der Waals surface area contributed by atoms with Gasteiger partial charge < -0.3 is 5.32 Å². The summed E-state index contributed by atoms with van der Waals surface area (Å²) in [6, 6.07) is 6.54. The van der Waals surface area contributed by atoms with Gasteiger partial charge in [-0.3, -0.25) is 4.99 Å². The molecule has 0 atom stereocenters. The largest absolute Gasteiger partial charge is 0.369 e. The molecule has 0 fully saturated rings. The molecule has 0 bridgehead atoms. The Labute approximate surface area is 92.3 Å². The van der Waals surface area contributed by atoms with Crippen LogP contribution in [0.5, 0.6) is 0 Å². The first kappa shape index (κ1) is 10.2. The zero-order valence-corrected chi connectivity index (χ0v) is 8.93. The van der Waals surface area contributed by atoms with Crippen LogP contribution in [0.3, 0.4) is 0 Å². The minimum absolute atomic E-state index is 0.193. The highest BCUT2D eigenvalue weighted by atomic mass is 32.2. The molecule has 0 aromatic heterocycles. The van der Waals surface area contributed by atoms with Crippen LogP contribution < -0.4 is 5.32 Å². The van der Waals surface area contributed by atoms with Crippen molar-refractivity contribution in [3.05, 3.63) is 41.9 Å². The van der Waals surface area contributed by atoms with Crippen LogP contribution in [-0.2, 0) is 0 Å². The average Bonchev–Trinajstić information content (AvgIpc) is 2.30. The number of aliphatic imine (C=N–C) groups is 1. The van der Waals surface area contributed by atoms with Gasteiger partial charge in [-0.25, -0.2) is 4.39 Å². The Morgan fingerprint density at radius 3 is 2.80 bits per heavy atom. The fourth-order valence-electron chi connectivity index (χ4n) is 1.19. The molecule has 0 unspecified atom stereocenters. The summed E-state index contributed by atoms with van der Waals surface area (Å²) in [6.45, 7) is 0.649. The molecule has 1 N–H and O–H groups in total. The van der Waals surface area contributed by atoms with E-state index in [0.717, 1.165) is 16.3 Å². The lowest BCUT2D eigenvalue weighted by Crippen LogP contribution is -2.18. The summed E-state index contributed by atoms with van der Waals surface area (Å²) in [7, 11) is 0. The van der Waals surface area contributed by atoms with Gasteiger partial charge in [-0.15, -0.1) is 11.8 Å². The molecule has 0 saturated carbocycles. The number of halogens is 1. The summed E-state index contributed by atoms with van der Waals surface area (Å²) in [5.41, 5.74) is 1.15. The monoisotopic (exact) mass is 222 g/mol. The minimum atomic E-state index is -0.193. The number of hydrogen-bond acceptors (Lipinski definition) is 3. The van der Waals surface area contributed by atoms with Gasteiger partial charge >= 0.3 is 0 Å². The van der Waals surface area contributed by atoms with Crippen LogP contribution in [0.1, 0.15) is 0 Å². The highest BCUT2D eigenvalue weighted by Crippen LogP contribution is 2.20. The van der Waals surface area contributed by atoms with E-state index in [0.29, 0.717) is 6.67 Å². The molecule has 2 nitrogen and oxygen atoms in total. The van der Waals surface area contributed by atoms with Gasteiger partial charge in [0.25, 0.3) is 0 Å². The lowest BCUT2D eigenvalue weighted by atomic mass is 10.4. The third-order valence-electron chi connectivity index (χ3n) is 1.99. The Kier molecular flexibility index (Phi) is 3.40. The van der Waals surface area contributed by atoms with E-state index in [-0.39, 0.29) is 5.82 Å². The first-order chi connectivity index (χ1) is 7.34. The second kappa shape index (κ2) is 4.98. The van der Waals surface area contributed by atoms with Crippen molar-refractivity contribution < 1.29 is 4.39 Å². The maximum absolute atomic E-state index is 12.6. The summed E-state index contributed by atoms with van der Waals surface area (Å²) in [5.74, 6) is 0.666. The quantitative estimate of drug-likeness (QED) is 0.794. The maximum Gasteiger partial charge on any atom is 0.123 e. The predicted octanol–water partition coefficient (Wildman–Crippen LogP) is 2.43. The lowest BCUT2D eigenvalue weighted by Gasteiger charge is -2.10. The number of allylic oxidation sites excluding steroid dienone is 1. The van der Waals surface area contributed by atoms with Gasteiger partial charge in [0.1, 0.15) is 12.5 Å². The molecule has 1 aliphatic rings. The molecule has 0 amide bonds. The molecule has 1 heterocycles. The molecule has 1 aromatic rings. The molecule has 1 aliphatic heterocycles. The number of benzene rings is 1. The Morgan fingerprint density at radius 2 is 2.13 bits per heavy atom. The number of nitrogens with zero attached hydrogens (tertiary/aromatic N) is 1. The fourth-order valence-corrected chi connectivity index (χ4v) is 2.04. The van der Waals surface area contributed by atoms with Gasteiger partial charge in [0.05, 0.1) is 0 Å². The highest BCUT2D eigenvalue weighted by molar-refractivity contribution is 7.99. The van der Waals surface area contributed by atoms with E-state index >= 15 is 0 Å². The van der Waals surface area contributed by atoms with E-state index in [4.69, 9.17) is 0 Å². The van der Waals surface area contributed by atoms with E-state index in [9.17, 15) is 4.39 Å². The Hall–Kier alpha value is -1.29. The second-order valence-electron chi connectivity index (χ2n) is 3.10. The van der Waals surface area contributed by atoms with Crippen LogP contribution in [-0.4, -0.2) is 18.6 Å². The average molecular weight is 222 g/mol. The zero-order valence-electron chi connectivity index (χ0n) is 8.11. The van der Waals surface area contributed by atoms with Crippen molar-refractivity contribution in [2.24, 2.45) is 4.99 Å². The molecule has 0 radical (unpaired) electrons. The van der Waals surface area contributed by atoms with Crippen molar-refractivity contribution in [1.82, 2.24) is 5.32 Å². The smallest absolute Gasteiger partial charge is 0.123 e. The van der Waals surface area contributed by atoms with Gasteiger partial charge in [-0.05, 0) is 30.3 Å². The first-order valence-corrected chi connectivity index (χ1v) is 5.64. The molecule has 1 aromatic carbocycles. The SMILES string of the molecule is Fc1ccc(SCC2=CC=NCN2)cc1. The van der Waals surface area contributed by atoms with Crippen molar-refractivity contribution in [1.29, 1.82) is 0 Å². The topological polar surface area (TPSA) is 24.4 Å². The van der Waals surface area contributed by atoms with Gasteiger partial charge in [0.15, 0.2) is 0 Å². The normalized spacial score (nSPS) is 14.6. The van der Waals surface area contributed by atoms with Crippen LogP contribution in [0.25, 0.3) is 0 Å². The molecule has 4 heteroatoms. The van der Waals surface area contributed by atoms with Gasteiger partial charge in [0.2, 0.25) is 0 Å². The van der Waals surface area contributed by atoms with Gasteiger partial charge in [-0.1, -0.05) is 0 Å². The number of thioether (sulfide) groups is 1. The van der Waals surface area contributed by atoms with E-state index in [2.05, 4.69) is 10.3 Å². The summed E-state index contributed by atoms with van der Waals surface area (Å²) >= 11 is 1.68. The number of hydrogen-bond donors (Lipinski definition) is 1. The van der Waals surface area contributed by atoms with Crippen molar-refractivity contribution in [2.45, 2.75) is 4.90 Å². The maximum atomic E-state index is 12.6. The Balaban J connectivity index is 1.90. The third-order valence-corrected chi connectivity index (χ3v) is 3.05. The van der Waals surface area contributed by atoms with Crippen molar-refractivity contribution in [2.75, 3.05) is 12.4 Å². The fraction of sp³-hybridized carbons (Fsp3) is 0.182. The molecule has 2 rings (SSSR count). The third kappa shape index (κ3) is 3.09. The van der Waals surface area contributed by atoms with Crippen molar-refractivity contribution in [3.8, 4) is 0 Å². The van der Waals surface area contributed by atoms with E-state index in [1.54, 1.807) is 30.1 Å². The number of nitrogens with one attached hydrogen (secondary N) is 1. The first-order valence-electron chi connectivity index (χ1n) is 4.66. The minimum Gasteiger partial charge on any atom is -0.369 e. The molecule has 0 spiro atoms. The van der Waals surface area contributed by atoms with Crippen LogP contribution in [0.2, 0.25) is 0 Å². The number of rotatable bonds is 3. The highest BCUT2D eigenvalue weighted by Gasteiger charge is 2.00. The summed E-state index contributed by atoms with van der Waals surface area (Å²) in [5, 5.41) is 3.17. The zero-order chi connectivity index (χ0) is 10.5.